The molecule has 6 nitrogen and oxygen atoms in total. The maximum Gasteiger partial charge on any atom is 0.410 e. The molecular formula is C18H25BrN2O4. The van der Waals surface area contributed by atoms with Crippen molar-refractivity contribution >= 4 is 27.9 Å². The summed E-state index contributed by atoms with van der Waals surface area (Å²) >= 11 is 3.37. The SMILES string of the molecule is CC1CN(C(=O)OC(C)(C)C)CCN1C(=O)COc1cccc(Br)c1. The normalized spacial score (nSPS) is 18.0. The minimum absolute atomic E-state index is 0.0206. The molecule has 0 N–H and O–H groups in total. The second-order valence-corrected chi connectivity index (χ2v) is 8.02. The number of carbonyl (C=O) groups excluding carboxylic acids is 2. The number of hydrogen-bond donors (Lipinski definition) is 0. The highest BCUT2D eigenvalue weighted by atomic mass is 79.9. The molecule has 1 aliphatic rings. The van der Waals surface area contributed by atoms with Crippen LogP contribution < -0.4 is 4.74 Å². The molecule has 0 saturated carbocycles. The summed E-state index contributed by atoms with van der Waals surface area (Å²) < 4.78 is 11.9. The van der Waals surface area contributed by atoms with Gasteiger partial charge in [-0.3, -0.25) is 4.79 Å². The molecule has 1 aliphatic heterocycles. The molecule has 1 unspecified atom stereocenters. The van der Waals surface area contributed by atoms with E-state index in [1.54, 1.807) is 9.80 Å². The Bertz CT molecular complexity index is 630. The number of hydrogen-bond acceptors (Lipinski definition) is 4. The molecule has 1 fully saturated rings. The van der Waals surface area contributed by atoms with Crippen molar-refractivity contribution in [1.82, 2.24) is 9.80 Å². The van der Waals surface area contributed by atoms with Crippen molar-refractivity contribution in [3.63, 3.8) is 0 Å². The Balaban J connectivity index is 1.86. The fraction of sp³-hybridized carbons (Fsp3) is 0.556. The zero-order valence-corrected chi connectivity index (χ0v) is 16.7. The third-order valence-electron chi connectivity index (χ3n) is 3.76. The summed E-state index contributed by atoms with van der Waals surface area (Å²) in [6, 6.07) is 7.29. The molecule has 0 aliphatic carbocycles. The quantitative estimate of drug-likeness (QED) is 0.763. The topological polar surface area (TPSA) is 59.1 Å². The van der Waals surface area contributed by atoms with Crippen LogP contribution in [0.4, 0.5) is 4.79 Å². The first-order chi connectivity index (χ1) is 11.7. The number of piperazine rings is 1. The number of rotatable bonds is 3. The van der Waals surface area contributed by atoms with E-state index < -0.39 is 5.60 Å². The predicted molar refractivity (Wildman–Crippen MR) is 98.6 cm³/mol. The molecule has 1 saturated heterocycles. The van der Waals surface area contributed by atoms with Gasteiger partial charge in [-0.25, -0.2) is 4.79 Å². The molecule has 138 valence electrons. The van der Waals surface area contributed by atoms with Crippen LogP contribution in [0.25, 0.3) is 0 Å². The van der Waals surface area contributed by atoms with E-state index in [0.29, 0.717) is 25.4 Å². The Morgan fingerprint density at radius 2 is 2.00 bits per heavy atom. The maximum atomic E-state index is 12.4. The van der Waals surface area contributed by atoms with E-state index in [4.69, 9.17) is 9.47 Å². The zero-order chi connectivity index (χ0) is 18.6. The van der Waals surface area contributed by atoms with Crippen LogP contribution in [0.2, 0.25) is 0 Å². The van der Waals surface area contributed by atoms with Crippen LogP contribution >= 0.6 is 15.9 Å². The Morgan fingerprint density at radius 1 is 1.28 bits per heavy atom. The number of benzene rings is 1. The van der Waals surface area contributed by atoms with E-state index in [2.05, 4.69) is 15.9 Å². The number of ether oxygens (including phenoxy) is 2. The fourth-order valence-corrected chi connectivity index (χ4v) is 2.98. The van der Waals surface area contributed by atoms with E-state index >= 15 is 0 Å². The zero-order valence-electron chi connectivity index (χ0n) is 15.1. The maximum absolute atomic E-state index is 12.4. The standard InChI is InChI=1S/C18H25BrN2O4/c1-13-11-20(17(23)25-18(2,3)4)8-9-21(13)16(22)12-24-15-7-5-6-14(19)10-15/h5-7,10,13H,8-9,11-12H2,1-4H3. The van der Waals surface area contributed by atoms with Gasteiger partial charge in [0.05, 0.1) is 0 Å². The lowest BCUT2D eigenvalue weighted by Crippen LogP contribution is -2.56. The second-order valence-electron chi connectivity index (χ2n) is 7.11. The van der Waals surface area contributed by atoms with Crippen molar-refractivity contribution in [2.24, 2.45) is 0 Å². The summed E-state index contributed by atoms with van der Waals surface area (Å²) in [5.74, 6) is 0.555. The first kappa shape index (κ1) is 19.6. The predicted octanol–water partition coefficient (Wildman–Crippen LogP) is 3.30. The second kappa shape index (κ2) is 8.08. The van der Waals surface area contributed by atoms with E-state index in [1.807, 2.05) is 52.0 Å². The Kier molecular flexibility index (Phi) is 6.32. The van der Waals surface area contributed by atoms with Gasteiger partial charge >= 0.3 is 6.09 Å². The summed E-state index contributed by atoms with van der Waals surface area (Å²) in [5.41, 5.74) is -0.523. The van der Waals surface area contributed by atoms with Crippen molar-refractivity contribution in [2.45, 2.75) is 39.3 Å². The van der Waals surface area contributed by atoms with E-state index in [1.165, 1.54) is 0 Å². The smallest absolute Gasteiger partial charge is 0.410 e. The highest BCUT2D eigenvalue weighted by molar-refractivity contribution is 9.10. The molecule has 25 heavy (non-hydrogen) atoms. The lowest BCUT2D eigenvalue weighted by molar-refractivity contribution is -0.137. The minimum atomic E-state index is -0.523. The summed E-state index contributed by atoms with van der Waals surface area (Å²) in [6.45, 7) is 8.81. The highest BCUT2D eigenvalue weighted by Gasteiger charge is 2.32. The summed E-state index contributed by atoms with van der Waals surface area (Å²) in [4.78, 5) is 28.0. The van der Waals surface area contributed by atoms with Gasteiger partial charge in [0, 0.05) is 30.1 Å². The van der Waals surface area contributed by atoms with Gasteiger partial charge in [0.25, 0.3) is 5.91 Å². The Labute approximate surface area is 157 Å². The van der Waals surface area contributed by atoms with Crippen LogP contribution in [-0.2, 0) is 9.53 Å². The number of nitrogens with zero attached hydrogens (tertiary/aromatic N) is 2. The van der Waals surface area contributed by atoms with E-state index in [0.717, 1.165) is 4.47 Å². The molecule has 1 aromatic carbocycles. The van der Waals surface area contributed by atoms with Gasteiger partial charge in [0.1, 0.15) is 11.4 Å². The van der Waals surface area contributed by atoms with Crippen molar-refractivity contribution in [3.05, 3.63) is 28.7 Å². The van der Waals surface area contributed by atoms with E-state index in [-0.39, 0.29) is 24.6 Å². The van der Waals surface area contributed by atoms with Gasteiger partial charge < -0.3 is 19.3 Å². The Hall–Kier alpha value is -1.76. The van der Waals surface area contributed by atoms with Gasteiger partial charge in [-0.1, -0.05) is 22.0 Å². The van der Waals surface area contributed by atoms with Crippen LogP contribution in [0.1, 0.15) is 27.7 Å². The van der Waals surface area contributed by atoms with Crippen LogP contribution in [0.15, 0.2) is 28.7 Å². The van der Waals surface area contributed by atoms with Gasteiger partial charge in [-0.05, 0) is 45.9 Å². The molecule has 7 heteroatoms. The monoisotopic (exact) mass is 412 g/mol. The van der Waals surface area contributed by atoms with Crippen LogP contribution in [0.5, 0.6) is 5.75 Å². The molecule has 0 aromatic heterocycles. The highest BCUT2D eigenvalue weighted by Crippen LogP contribution is 2.19. The van der Waals surface area contributed by atoms with Gasteiger partial charge in [0.2, 0.25) is 0 Å². The lowest BCUT2D eigenvalue weighted by atomic mass is 10.2. The van der Waals surface area contributed by atoms with Crippen LogP contribution in [0, 0.1) is 0 Å². The van der Waals surface area contributed by atoms with E-state index in [9.17, 15) is 9.59 Å². The Morgan fingerprint density at radius 3 is 2.60 bits per heavy atom. The number of halogens is 1. The molecule has 1 aromatic rings. The third kappa shape index (κ3) is 5.92. The van der Waals surface area contributed by atoms with Crippen LogP contribution in [-0.4, -0.2) is 59.7 Å². The van der Waals surface area contributed by atoms with Gasteiger partial charge in [-0.2, -0.15) is 0 Å². The minimum Gasteiger partial charge on any atom is -0.484 e. The van der Waals surface area contributed by atoms with Crippen molar-refractivity contribution < 1.29 is 19.1 Å². The molecule has 2 rings (SSSR count). The summed E-state index contributed by atoms with van der Waals surface area (Å²) in [7, 11) is 0. The molecular weight excluding hydrogens is 388 g/mol. The molecule has 0 radical (unpaired) electrons. The summed E-state index contributed by atoms with van der Waals surface area (Å²) in [6.07, 6.45) is -0.336. The third-order valence-corrected chi connectivity index (χ3v) is 4.25. The van der Waals surface area contributed by atoms with Gasteiger partial charge in [0.15, 0.2) is 6.61 Å². The average Bonchev–Trinajstić information content (AvgIpc) is 2.51. The molecule has 1 heterocycles. The van der Waals surface area contributed by atoms with Crippen molar-refractivity contribution in [3.8, 4) is 5.75 Å². The summed E-state index contributed by atoms with van der Waals surface area (Å²) in [5, 5.41) is 0. The number of carbonyl (C=O) groups is 2. The molecule has 0 spiro atoms. The average molecular weight is 413 g/mol. The van der Waals surface area contributed by atoms with Crippen molar-refractivity contribution in [2.75, 3.05) is 26.2 Å². The van der Waals surface area contributed by atoms with Crippen molar-refractivity contribution in [1.29, 1.82) is 0 Å². The lowest BCUT2D eigenvalue weighted by Gasteiger charge is -2.40. The first-order valence-corrected chi connectivity index (χ1v) is 9.11. The van der Waals surface area contributed by atoms with Gasteiger partial charge in [-0.15, -0.1) is 0 Å². The largest absolute Gasteiger partial charge is 0.484 e. The first-order valence-electron chi connectivity index (χ1n) is 8.31. The molecule has 0 bridgehead atoms. The number of amides is 2. The fourth-order valence-electron chi connectivity index (χ4n) is 2.61. The molecule has 2 amide bonds. The molecule has 1 atom stereocenters. The van der Waals surface area contributed by atoms with Crippen LogP contribution in [0.3, 0.4) is 0 Å².